The smallest absolute Gasteiger partial charge is 0.233 e. The predicted octanol–water partition coefficient (Wildman–Crippen LogP) is 2.24. The highest BCUT2D eigenvalue weighted by Crippen LogP contribution is 2.16. The minimum atomic E-state index is -0.342. The molecule has 6 heteroatoms. The van der Waals surface area contributed by atoms with Crippen LogP contribution in [0.15, 0.2) is 54.6 Å². The van der Waals surface area contributed by atoms with Gasteiger partial charge >= 0.3 is 0 Å². The zero-order valence-corrected chi connectivity index (χ0v) is 14.4. The van der Waals surface area contributed by atoms with E-state index >= 15 is 0 Å². The highest BCUT2D eigenvalue weighted by molar-refractivity contribution is 6.03. The number of nitrogens with zero attached hydrogens (tertiary/aromatic N) is 3. The summed E-state index contributed by atoms with van der Waals surface area (Å²) in [6, 6.07) is 18.7. The summed E-state index contributed by atoms with van der Waals surface area (Å²) >= 11 is 0. The minimum absolute atomic E-state index is 0.163. The van der Waals surface area contributed by atoms with Crippen molar-refractivity contribution in [1.82, 2.24) is 4.90 Å². The first-order valence-corrected chi connectivity index (χ1v) is 8.53. The topological polar surface area (TPSA) is 76.4 Å². The molecule has 2 aromatic carbocycles. The molecule has 6 nitrogen and oxygen atoms in total. The second-order valence-electron chi connectivity index (χ2n) is 6.12. The first kappa shape index (κ1) is 17.5. The number of anilines is 2. The second kappa shape index (κ2) is 8.17. The highest BCUT2D eigenvalue weighted by Gasteiger charge is 2.22. The van der Waals surface area contributed by atoms with Crippen LogP contribution >= 0.6 is 0 Å². The molecule has 1 fully saturated rings. The second-order valence-corrected chi connectivity index (χ2v) is 6.12. The highest BCUT2D eigenvalue weighted by atomic mass is 16.2. The van der Waals surface area contributed by atoms with E-state index in [1.165, 1.54) is 0 Å². The maximum atomic E-state index is 12.3. The number of nitrogens with one attached hydrogen (secondary N) is 1. The number of para-hydroxylation sites is 1. The van der Waals surface area contributed by atoms with Crippen molar-refractivity contribution in [2.45, 2.75) is 6.42 Å². The molecular weight excluding hydrogens is 328 g/mol. The molecule has 0 saturated carbocycles. The SMILES string of the molecule is N#Cc1ccc(NC(=O)CC(=O)N2CCN(c3ccccc3)CC2)cc1. The lowest BCUT2D eigenvalue weighted by molar-refractivity contribution is -0.134. The molecule has 2 amide bonds. The van der Waals surface area contributed by atoms with Crippen molar-refractivity contribution < 1.29 is 9.59 Å². The third-order valence-corrected chi connectivity index (χ3v) is 4.36. The molecule has 1 aliphatic rings. The lowest BCUT2D eigenvalue weighted by Gasteiger charge is -2.36. The minimum Gasteiger partial charge on any atom is -0.368 e. The van der Waals surface area contributed by atoms with E-state index in [0.717, 1.165) is 18.8 Å². The molecule has 3 rings (SSSR count). The van der Waals surface area contributed by atoms with E-state index in [-0.39, 0.29) is 18.2 Å². The normalized spacial score (nSPS) is 13.8. The van der Waals surface area contributed by atoms with Gasteiger partial charge in [0.05, 0.1) is 11.6 Å². The van der Waals surface area contributed by atoms with Crippen molar-refractivity contribution in [2.75, 3.05) is 36.4 Å². The number of piperazine rings is 1. The van der Waals surface area contributed by atoms with Gasteiger partial charge in [0.1, 0.15) is 6.42 Å². The van der Waals surface area contributed by atoms with Gasteiger partial charge in [-0.3, -0.25) is 9.59 Å². The van der Waals surface area contributed by atoms with Crippen LogP contribution in [-0.4, -0.2) is 42.9 Å². The van der Waals surface area contributed by atoms with Crippen molar-refractivity contribution in [1.29, 1.82) is 5.26 Å². The lowest BCUT2D eigenvalue weighted by atomic mass is 10.2. The molecule has 0 aromatic heterocycles. The lowest BCUT2D eigenvalue weighted by Crippen LogP contribution is -2.49. The number of hydrogen-bond donors (Lipinski definition) is 1. The number of nitriles is 1. The quantitative estimate of drug-likeness (QED) is 0.860. The molecule has 0 bridgehead atoms. The van der Waals surface area contributed by atoms with Crippen LogP contribution in [0, 0.1) is 11.3 Å². The van der Waals surface area contributed by atoms with Gasteiger partial charge in [0.15, 0.2) is 0 Å². The summed E-state index contributed by atoms with van der Waals surface area (Å²) in [4.78, 5) is 28.4. The molecule has 26 heavy (non-hydrogen) atoms. The average molecular weight is 348 g/mol. The summed E-state index contributed by atoms with van der Waals surface area (Å²) in [7, 11) is 0. The molecule has 0 spiro atoms. The summed E-state index contributed by atoms with van der Waals surface area (Å²) in [5.74, 6) is -0.506. The van der Waals surface area contributed by atoms with Crippen molar-refractivity contribution in [3.63, 3.8) is 0 Å². The van der Waals surface area contributed by atoms with Gasteiger partial charge in [-0.2, -0.15) is 5.26 Å². The Kier molecular flexibility index (Phi) is 5.49. The van der Waals surface area contributed by atoms with Crippen LogP contribution in [-0.2, 0) is 9.59 Å². The Bertz CT molecular complexity index is 804. The standard InChI is InChI=1S/C20H20N4O2/c21-15-16-6-8-17(9-7-16)22-19(25)14-20(26)24-12-10-23(11-13-24)18-4-2-1-3-5-18/h1-9H,10-14H2,(H,22,25). The summed E-state index contributed by atoms with van der Waals surface area (Å²) in [6.07, 6.45) is -0.175. The van der Waals surface area contributed by atoms with Crippen molar-refractivity contribution in [3.8, 4) is 6.07 Å². The molecule has 1 aliphatic heterocycles. The molecule has 0 aliphatic carbocycles. The first-order valence-electron chi connectivity index (χ1n) is 8.53. The molecule has 0 radical (unpaired) electrons. The van der Waals surface area contributed by atoms with Gasteiger partial charge in [0.2, 0.25) is 11.8 Å². The van der Waals surface area contributed by atoms with Crippen LogP contribution < -0.4 is 10.2 Å². The number of carbonyl (C=O) groups is 2. The molecule has 132 valence electrons. The Morgan fingerprint density at radius 3 is 2.23 bits per heavy atom. The van der Waals surface area contributed by atoms with E-state index in [1.54, 1.807) is 29.2 Å². The molecule has 0 atom stereocenters. The average Bonchev–Trinajstić information content (AvgIpc) is 2.69. The summed E-state index contributed by atoms with van der Waals surface area (Å²) in [5, 5.41) is 11.5. The third-order valence-electron chi connectivity index (χ3n) is 4.36. The Labute approximate surface area is 152 Å². The molecule has 0 unspecified atom stereocenters. The number of rotatable bonds is 4. The Morgan fingerprint density at radius 1 is 0.962 bits per heavy atom. The van der Waals surface area contributed by atoms with Crippen LogP contribution in [0.2, 0.25) is 0 Å². The summed E-state index contributed by atoms with van der Waals surface area (Å²) in [5.41, 5.74) is 2.25. The predicted molar refractivity (Wildman–Crippen MR) is 99.6 cm³/mol. The van der Waals surface area contributed by atoms with E-state index in [4.69, 9.17) is 5.26 Å². The molecule has 1 saturated heterocycles. The fourth-order valence-corrected chi connectivity index (χ4v) is 2.94. The summed E-state index contributed by atoms with van der Waals surface area (Å²) in [6.45, 7) is 2.73. The fourth-order valence-electron chi connectivity index (χ4n) is 2.94. The zero-order chi connectivity index (χ0) is 18.4. The van der Waals surface area contributed by atoms with Crippen LogP contribution in [0.5, 0.6) is 0 Å². The van der Waals surface area contributed by atoms with Crippen LogP contribution in [0.4, 0.5) is 11.4 Å². The monoisotopic (exact) mass is 348 g/mol. The van der Waals surface area contributed by atoms with Crippen molar-refractivity contribution in [2.24, 2.45) is 0 Å². The van der Waals surface area contributed by atoms with Crippen LogP contribution in [0.1, 0.15) is 12.0 Å². The number of amides is 2. The van der Waals surface area contributed by atoms with E-state index in [0.29, 0.717) is 24.3 Å². The molecular formula is C20H20N4O2. The Hall–Kier alpha value is -3.33. The Morgan fingerprint density at radius 2 is 1.62 bits per heavy atom. The van der Waals surface area contributed by atoms with Gasteiger partial charge in [-0.15, -0.1) is 0 Å². The maximum absolute atomic E-state index is 12.3. The maximum Gasteiger partial charge on any atom is 0.233 e. The molecule has 2 aromatic rings. The van der Waals surface area contributed by atoms with Gasteiger partial charge in [-0.1, -0.05) is 18.2 Å². The van der Waals surface area contributed by atoms with Crippen LogP contribution in [0.25, 0.3) is 0 Å². The van der Waals surface area contributed by atoms with Crippen molar-refractivity contribution >= 4 is 23.2 Å². The van der Waals surface area contributed by atoms with E-state index in [1.807, 2.05) is 24.3 Å². The van der Waals surface area contributed by atoms with Gasteiger partial charge in [0, 0.05) is 37.6 Å². The van der Waals surface area contributed by atoms with Crippen molar-refractivity contribution in [3.05, 3.63) is 60.2 Å². The largest absolute Gasteiger partial charge is 0.368 e. The van der Waals surface area contributed by atoms with E-state index in [9.17, 15) is 9.59 Å². The van der Waals surface area contributed by atoms with Gasteiger partial charge in [0.25, 0.3) is 0 Å². The Balaban J connectivity index is 1.47. The number of carbonyl (C=O) groups excluding carboxylic acids is 2. The van der Waals surface area contributed by atoms with Gasteiger partial charge in [-0.25, -0.2) is 0 Å². The first-order chi connectivity index (χ1) is 12.7. The van der Waals surface area contributed by atoms with E-state index in [2.05, 4.69) is 22.3 Å². The van der Waals surface area contributed by atoms with Gasteiger partial charge in [-0.05, 0) is 36.4 Å². The number of benzene rings is 2. The molecule has 1 N–H and O–H groups in total. The fraction of sp³-hybridized carbons (Fsp3) is 0.250. The third kappa shape index (κ3) is 4.39. The van der Waals surface area contributed by atoms with E-state index < -0.39 is 0 Å². The number of hydrogen-bond acceptors (Lipinski definition) is 4. The van der Waals surface area contributed by atoms with Crippen LogP contribution in [0.3, 0.4) is 0 Å². The summed E-state index contributed by atoms with van der Waals surface area (Å²) < 4.78 is 0. The zero-order valence-electron chi connectivity index (χ0n) is 14.4. The van der Waals surface area contributed by atoms with Gasteiger partial charge < -0.3 is 15.1 Å². The molecule has 1 heterocycles.